The molecule has 0 fully saturated rings. The summed E-state index contributed by atoms with van der Waals surface area (Å²) >= 11 is 0. The van der Waals surface area contributed by atoms with Crippen LogP contribution in [0.5, 0.6) is 5.75 Å². The zero-order chi connectivity index (χ0) is 23.5. The van der Waals surface area contributed by atoms with E-state index in [-0.39, 0.29) is 12.6 Å². The van der Waals surface area contributed by atoms with Crippen molar-refractivity contribution in [2.75, 3.05) is 25.6 Å². The summed E-state index contributed by atoms with van der Waals surface area (Å²) in [7, 11) is 1.42. The molecule has 0 bridgehead atoms. The van der Waals surface area contributed by atoms with Gasteiger partial charge in [-0.25, -0.2) is 4.79 Å². The Bertz CT molecular complexity index is 1050. The highest BCUT2D eigenvalue weighted by Crippen LogP contribution is 2.39. The van der Waals surface area contributed by atoms with Gasteiger partial charge in [-0.1, -0.05) is 73.5 Å². The predicted molar refractivity (Wildman–Crippen MR) is 132 cm³/mol. The number of hydrogen-bond donors (Lipinski definition) is 2. The molecule has 170 valence electrons. The van der Waals surface area contributed by atoms with Crippen LogP contribution in [-0.4, -0.2) is 26.2 Å². The first-order chi connectivity index (χ1) is 16.2. The Balaban J connectivity index is 2.12. The average Bonchev–Trinajstić information content (AvgIpc) is 2.88. The van der Waals surface area contributed by atoms with Crippen molar-refractivity contribution in [1.29, 1.82) is 0 Å². The lowest BCUT2D eigenvalue weighted by Gasteiger charge is -2.40. The zero-order valence-electron chi connectivity index (χ0n) is 19.1. The van der Waals surface area contributed by atoms with Gasteiger partial charge in [-0.05, 0) is 48.4 Å². The number of benzene rings is 3. The van der Waals surface area contributed by atoms with Gasteiger partial charge < -0.3 is 14.8 Å². The van der Waals surface area contributed by atoms with Gasteiger partial charge in [-0.2, -0.15) is 0 Å². The molecule has 0 saturated heterocycles. The molecule has 0 aliphatic carbocycles. The van der Waals surface area contributed by atoms with E-state index in [0.29, 0.717) is 12.3 Å². The number of hydrogen-bond acceptors (Lipinski definition) is 5. The molecule has 0 amide bonds. The second-order valence-electron chi connectivity index (χ2n) is 7.60. The summed E-state index contributed by atoms with van der Waals surface area (Å²) in [5.41, 5.74) is 1.44. The van der Waals surface area contributed by atoms with Crippen LogP contribution < -0.4 is 15.4 Å². The summed E-state index contributed by atoms with van der Waals surface area (Å²) in [6, 6.07) is 26.7. The first-order valence-electron chi connectivity index (χ1n) is 11.0. The van der Waals surface area contributed by atoms with E-state index in [1.165, 1.54) is 7.11 Å². The molecule has 5 heteroatoms. The van der Waals surface area contributed by atoms with E-state index in [2.05, 4.69) is 23.5 Å². The first-order valence-corrected chi connectivity index (χ1v) is 11.0. The number of nitrogens with one attached hydrogen (secondary N) is 2. The van der Waals surface area contributed by atoms with Crippen molar-refractivity contribution < 1.29 is 14.3 Å². The van der Waals surface area contributed by atoms with E-state index in [0.717, 1.165) is 23.2 Å². The molecule has 3 aromatic carbocycles. The van der Waals surface area contributed by atoms with Crippen LogP contribution >= 0.6 is 0 Å². The third-order valence-corrected chi connectivity index (χ3v) is 5.44. The smallest absolute Gasteiger partial charge is 0.333 e. The summed E-state index contributed by atoms with van der Waals surface area (Å²) in [5.74, 6) is 2.78. The lowest BCUT2D eigenvalue weighted by Crippen LogP contribution is -2.56. The molecule has 5 nitrogen and oxygen atoms in total. The fourth-order valence-corrected chi connectivity index (χ4v) is 3.89. The standard InChI is InChI=1S/C28H30N2O3/c1-4-20-29-28(27(31)32-3,23-14-10-7-11-15-23)26(22-12-8-6-9-13-22)30-24-16-18-25(19-17-24)33-21-5-2/h2,6-19,26,29-30H,4,20-21H2,1,3H3/t26-,28-/m0/s1. The normalized spacial score (nSPS) is 13.2. The highest BCUT2D eigenvalue weighted by atomic mass is 16.5. The summed E-state index contributed by atoms with van der Waals surface area (Å²) in [6.07, 6.45) is 6.14. The first kappa shape index (κ1) is 23.9. The molecule has 0 aromatic heterocycles. The molecule has 0 aliphatic heterocycles. The molecule has 33 heavy (non-hydrogen) atoms. The lowest BCUT2D eigenvalue weighted by molar-refractivity contribution is -0.150. The molecule has 2 N–H and O–H groups in total. The number of terminal acetylenes is 1. The van der Waals surface area contributed by atoms with Crippen LogP contribution in [-0.2, 0) is 15.1 Å². The van der Waals surface area contributed by atoms with Crippen LogP contribution in [0.25, 0.3) is 0 Å². The molecule has 3 rings (SSSR count). The van der Waals surface area contributed by atoms with Gasteiger partial charge >= 0.3 is 5.97 Å². The van der Waals surface area contributed by atoms with E-state index >= 15 is 0 Å². The van der Waals surface area contributed by atoms with Crippen LogP contribution in [0.2, 0.25) is 0 Å². The molecule has 0 aliphatic rings. The van der Waals surface area contributed by atoms with Crippen molar-refractivity contribution in [3.63, 3.8) is 0 Å². The number of ether oxygens (including phenoxy) is 2. The third kappa shape index (κ3) is 5.54. The Hall–Kier alpha value is -3.75. The number of esters is 1. The molecule has 0 saturated carbocycles. The SMILES string of the molecule is C#CCOc1ccc(N[C@@H](c2ccccc2)[C@](NCCC)(C(=O)OC)c2ccccc2)cc1. The average molecular weight is 443 g/mol. The Morgan fingerprint density at radius 2 is 1.64 bits per heavy atom. The van der Waals surface area contributed by atoms with Crippen LogP contribution in [0.4, 0.5) is 5.69 Å². The van der Waals surface area contributed by atoms with E-state index < -0.39 is 11.6 Å². The second-order valence-corrected chi connectivity index (χ2v) is 7.60. The Kier molecular flexibility index (Phi) is 8.51. The molecule has 0 radical (unpaired) electrons. The van der Waals surface area contributed by atoms with Gasteiger partial charge in [0.05, 0.1) is 13.2 Å². The van der Waals surface area contributed by atoms with Gasteiger partial charge in [0.1, 0.15) is 12.4 Å². The monoisotopic (exact) mass is 442 g/mol. The zero-order valence-corrected chi connectivity index (χ0v) is 19.1. The highest BCUT2D eigenvalue weighted by molar-refractivity contribution is 5.85. The topological polar surface area (TPSA) is 59.6 Å². The number of anilines is 1. The van der Waals surface area contributed by atoms with Gasteiger partial charge in [0.2, 0.25) is 0 Å². The van der Waals surface area contributed by atoms with Crippen molar-refractivity contribution in [3.8, 4) is 18.1 Å². The van der Waals surface area contributed by atoms with Crippen molar-refractivity contribution in [2.45, 2.75) is 24.9 Å². The van der Waals surface area contributed by atoms with Crippen LogP contribution in [0.15, 0.2) is 84.9 Å². The minimum atomic E-state index is -1.16. The maximum absolute atomic E-state index is 13.6. The summed E-state index contributed by atoms with van der Waals surface area (Å²) in [6.45, 7) is 2.91. The largest absolute Gasteiger partial charge is 0.481 e. The number of methoxy groups -OCH3 is 1. The van der Waals surface area contributed by atoms with Crippen molar-refractivity contribution in [1.82, 2.24) is 5.32 Å². The molecule has 0 spiro atoms. The van der Waals surface area contributed by atoms with E-state index in [4.69, 9.17) is 15.9 Å². The fraction of sp³-hybridized carbons (Fsp3) is 0.250. The molecule has 0 unspecified atom stereocenters. The van der Waals surface area contributed by atoms with Crippen LogP contribution in [0.3, 0.4) is 0 Å². The number of carbonyl (C=O) groups excluding carboxylic acids is 1. The lowest BCUT2D eigenvalue weighted by atomic mass is 9.78. The molecular weight excluding hydrogens is 412 g/mol. The van der Waals surface area contributed by atoms with Crippen molar-refractivity contribution in [2.24, 2.45) is 0 Å². The van der Waals surface area contributed by atoms with Gasteiger partial charge in [-0.15, -0.1) is 6.42 Å². The fourth-order valence-electron chi connectivity index (χ4n) is 3.89. The minimum absolute atomic E-state index is 0.208. The molecule has 2 atom stereocenters. The highest BCUT2D eigenvalue weighted by Gasteiger charge is 2.49. The van der Waals surface area contributed by atoms with E-state index in [1.54, 1.807) is 0 Å². The Labute approximate surface area is 196 Å². The molecule has 3 aromatic rings. The Morgan fingerprint density at radius 3 is 2.21 bits per heavy atom. The van der Waals surface area contributed by atoms with Gasteiger partial charge in [-0.3, -0.25) is 5.32 Å². The van der Waals surface area contributed by atoms with Gasteiger partial charge in [0, 0.05) is 5.69 Å². The quantitative estimate of drug-likeness (QED) is 0.326. The maximum Gasteiger partial charge on any atom is 0.333 e. The maximum atomic E-state index is 13.6. The van der Waals surface area contributed by atoms with Crippen molar-refractivity contribution in [3.05, 3.63) is 96.1 Å². The van der Waals surface area contributed by atoms with Crippen molar-refractivity contribution >= 4 is 11.7 Å². The van der Waals surface area contributed by atoms with Gasteiger partial charge in [0.15, 0.2) is 5.54 Å². The third-order valence-electron chi connectivity index (χ3n) is 5.44. The Morgan fingerprint density at radius 1 is 1.00 bits per heavy atom. The van der Waals surface area contributed by atoms with E-state index in [1.807, 2.05) is 84.9 Å². The molecular formula is C28H30N2O3. The molecule has 0 heterocycles. The summed E-state index contributed by atoms with van der Waals surface area (Å²) in [4.78, 5) is 13.6. The van der Waals surface area contributed by atoms with Gasteiger partial charge in [0.25, 0.3) is 0 Å². The summed E-state index contributed by atoms with van der Waals surface area (Å²) < 4.78 is 10.9. The van der Waals surface area contributed by atoms with E-state index in [9.17, 15) is 4.79 Å². The summed E-state index contributed by atoms with van der Waals surface area (Å²) in [5, 5.41) is 7.11. The number of carbonyl (C=O) groups is 1. The van der Waals surface area contributed by atoms with Crippen LogP contribution in [0.1, 0.15) is 30.5 Å². The number of rotatable bonds is 11. The predicted octanol–water partition coefficient (Wildman–Crippen LogP) is 4.92. The van der Waals surface area contributed by atoms with Crippen LogP contribution in [0, 0.1) is 12.3 Å². The minimum Gasteiger partial charge on any atom is -0.481 e. The second kappa shape index (κ2) is 11.8.